The maximum atomic E-state index is 13.4. The molecule has 0 radical (unpaired) electrons. The molecule has 0 spiro atoms. The van der Waals surface area contributed by atoms with Crippen molar-refractivity contribution >= 4 is 55.0 Å². The zero-order chi connectivity index (χ0) is 25.8. The van der Waals surface area contributed by atoms with Gasteiger partial charge in [0.25, 0.3) is 15.9 Å². The maximum Gasteiger partial charge on any atom is 0.406 e. The van der Waals surface area contributed by atoms with Crippen LogP contribution in [0.1, 0.15) is 0 Å². The van der Waals surface area contributed by atoms with Crippen molar-refractivity contribution in [3.8, 4) is 10.4 Å². The summed E-state index contributed by atoms with van der Waals surface area (Å²) >= 11 is 6.89. The number of alkyl carbamates (subject to hydrolysis) is 1. The predicted molar refractivity (Wildman–Crippen MR) is 128 cm³/mol. The molecule has 1 atom stereocenters. The Balaban J connectivity index is 1.81. The minimum absolute atomic E-state index is 0.0447. The number of nitrogens with one attached hydrogen (secondary N) is 2. The Kier molecular flexibility index (Phi) is 8.74. The number of amides is 2. The number of carbonyl (C=O) groups is 2. The molecular formula is C19H23ClN4O8S3. The second-order valence-electron chi connectivity index (χ2n) is 7.33. The zero-order valence-electron chi connectivity index (χ0n) is 18.4. The Morgan fingerprint density at radius 3 is 2.46 bits per heavy atom. The summed E-state index contributed by atoms with van der Waals surface area (Å²) in [6.07, 6.45) is -0.803. The van der Waals surface area contributed by atoms with Crippen molar-refractivity contribution in [3.63, 3.8) is 0 Å². The molecule has 1 fully saturated rings. The van der Waals surface area contributed by atoms with Crippen LogP contribution in [0.3, 0.4) is 0 Å². The lowest BCUT2D eigenvalue weighted by Crippen LogP contribution is -2.61. The van der Waals surface area contributed by atoms with Crippen LogP contribution in [0.5, 0.6) is 0 Å². The van der Waals surface area contributed by atoms with E-state index in [4.69, 9.17) is 11.6 Å². The van der Waals surface area contributed by atoms with E-state index < -0.39 is 50.4 Å². The van der Waals surface area contributed by atoms with Crippen LogP contribution < -0.4 is 10.8 Å². The lowest BCUT2D eigenvalue weighted by molar-refractivity contribution is -0.134. The fourth-order valence-electron chi connectivity index (χ4n) is 3.40. The first-order chi connectivity index (χ1) is 16.5. The fourth-order valence-corrected chi connectivity index (χ4v) is 7.88. The summed E-state index contributed by atoms with van der Waals surface area (Å²) < 4.78 is 58.3. The molecular weight excluding hydrogens is 544 g/mol. The highest BCUT2D eigenvalue weighted by molar-refractivity contribution is 7.91. The van der Waals surface area contributed by atoms with E-state index in [9.17, 15) is 31.6 Å². The number of piperazine rings is 1. The van der Waals surface area contributed by atoms with E-state index in [0.29, 0.717) is 9.90 Å². The van der Waals surface area contributed by atoms with E-state index in [2.05, 4.69) is 10.1 Å². The van der Waals surface area contributed by atoms with Crippen molar-refractivity contribution in [2.45, 2.75) is 10.3 Å². The number of benzene rings is 1. The van der Waals surface area contributed by atoms with Gasteiger partial charge in [-0.25, -0.2) is 27.1 Å². The van der Waals surface area contributed by atoms with Crippen LogP contribution in [0.15, 0.2) is 40.6 Å². The summed E-state index contributed by atoms with van der Waals surface area (Å²) in [7, 11) is -7.03. The SMILES string of the molecule is COC(=O)NCCS(=O)(=O)N1CCN(S(=O)(=O)c2ccc(-c3ccc(Cl)cc3)s2)[C@@H](C(=O)NO)C1. The third kappa shape index (κ3) is 6.30. The highest BCUT2D eigenvalue weighted by Crippen LogP contribution is 2.34. The van der Waals surface area contributed by atoms with E-state index in [1.165, 1.54) is 11.5 Å². The quantitative estimate of drug-likeness (QED) is 0.314. The van der Waals surface area contributed by atoms with Gasteiger partial charge in [0.1, 0.15) is 10.3 Å². The molecule has 0 saturated carbocycles. The highest BCUT2D eigenvalue weighted by atomic mass is 35.5. The first kappa shape index (κ1) is 27.3. The Morgan fingerprint density at radius 1 is 1.14 bits per heavy atom. The first-order valence-electron chi connectivity index (χ1n) is 10.1. The van der Waals surface area contributed by atoms with E-state index in [1.54, 1.807) is 30.3 Å². The van der Waals surface area contributed by atoms with Gasteiger partial charge < -0.3 is 10.1 Å². The molecule has 16 heteroatoms. The number of sulfonamides is 2. The van der Waals surface area contributed by atoms with Crippen LogP contribution in [-0.4, -0.2) is 87.7 Å². The third-order valence-electron chi connectivity index (χ3n) is 5.19. The summed E-state index contributed by atoms with van der Waals surface area (Å²) in [6, 6.07) is 8.34. The van der Waals surface area contributed by atoms with Gasteiger partial charge in [-0.3, -0.25) is 10.0 Å². The number of nitrogens with zero attached hydrogens (tertiary/aromatic N) is 2. The van der Waals surface area contributed by atoms with Gasteiger partial charge in [0, 0.05) is 36.1 Å². The standard InChI is InChI=1S/C19H23ClN4O8S3/c1-32-19(26)21-8-11-34(28,29)23-9-10-24(15(12-23)18(25)22-27)35(30,31)17-7-6-16(33-17)13-2-4-14(20)5-3-13/h2-7,15,27H,8-12H2,1H3,(H,21,26)(H,22,25)/t15-/m1/s1. The predicted octanol–water partition coefficient (Wildman–Crippen LogP) is 0.935. The number of methoxy groups -OCH3 is 1. The van der Waals surface area contributed by atoms with Crippen molar-refractivity contribution < 1.29 is 36.4 Å². The van der Waals surface area contributed by atoms with Gasteiger partial charge in [-0.15, -0.1) is 11.3 Å². The van der Waals surface area contributed by atoms with Crippen LogP contribution in [0.2, 0.25) is 5.02 Å². The molecule has 2 amide bonds. The molecule has 3 rings (SSSR count). The van der Waals surface area contributed by atoms with Gasteiger partial charge in [-0.2, -0.15) is 8.61 Å². The van der Waals surface area contributed by atoms with Crippen molar-refractivity contribution in [3.05, 3.63) is 41.4 Å². The smallest absolute Gasteiger partial charge is 0.406 e. The average Bonchev–Trinajstić information content (AvgIpc) is 3.34. The molecule has 0 unspecified atom stereocenters. The number of rotatable bonds is 8. The summed E-state index contributed by atoms with van der Waals surface area (Å²) in [4.78, 5) is 24.2. The van der Waals surface area contributed by atoms with Gasteiger partial charge in [0.15, 0.2) is 0 Å². The van der Waals surface area contributed by atoms with Gasteiger partial charge in [-0.1, -0.05) is 23.7 Å². The minimum Gasteiger partial charge on any atom is -0.453 e. The molecule has 1 aliphatic rings. The molecule has 2 heterocycles. The third-order valence-corrected chi connectivity index (χ3v) is 10.8. The lowest BCUT2D eigenvalue weighted by atomic mass is 10.2. The number of halogens is 1. The van der Waals surface area contributed by atoms with Crippen LogP contribution in [-0.2, 0) is 29.6 Å². The summed E-state index contributed by atoms with van der Waals surface area (Å²) in [6.45, 7) is -1.29. The van der Waals surface area contributed by atoms with Crippen LogP contribution in [0, 0.1) is 0 Å². The van der Waals surface area contributed by atoms with Crippen molar-refractivity contribution in [2.24, 2.45) is 0 Å². The minimum atomic E-state index is -4.20. The molecule has 35 heavy (non-hydrogen) atoms. The number of hydrogen-bond donors (Lipinski definition) is 3. The van der Waals surface area contributed by atoms with E-state index in [-0.39, 0.29) is 23.8 Å². The van der Waals surface area contributed by atoms with Crippen molar-refractivity contribution in [2.75, 3.05) is 39.0 Å². The molecule has 1 aromatic heterocycles. The van der Waals surface area contributed by atoms with Crippen LogP contribution >= 0.6 is 22.9 Å². The van der Waals surface area contributed by atoms with Gasteiger partial charge >= 0.3 is 6.09 Å². The molecule has 3 N–H and O–H groups in total. The largest absolute Gasteiger partial charge is 0.453 e. The van der Waals surface area contributed by atoms with Crippen molar-refractivity contribution in [1.29, 1.82) is 0 Å². The molecule has 1 saturated heterocycles. The molecule has 1 aliphatic heterocycles. The molecule has 12 nitrogen and oxygen atoms in total. The lowest BCUT2D eigenvalue weighted by Gasteiger charge is -2.38. The van der Waals surface area contributed by atoms with Gasteiger partial charge in [0.2, 0.25) is 10.0 Å². The summed E-state index contributed by atoms with van der Waals surface area (Å²) in [5, 5.41) is 12.0. The highest BCUT2D eigenvalue weighted by Gasteiger charge is 2.43. The molecule has 2 aromatic rings. The van der Waals surface area contributed by atoms with Crippen molar-refractivity contribution in [1.82, 2.24) is 19.4 Å². The van der Waals surface area contributed by atoms with Crippen LogP contribution in [0.4, 0.5) is 4.79 Å². The summed E-state index contributed by atoms with van der Waals surface area (Å²) in [5.74, 6) is -1.56. The molecule has 192 valence electrons. The number of thiophene rings is 1. The Hall–Kier alpha value is -2.27. The first-order valence-corrected chi connectivity index (χ1v) is 14.3. The average molecular weight is 567 g/mol. The summed E-state index contributed by atoms with van der Waals surface area (Å²) in [5.41, 5.74) is 2.16. The molecule has 0 bridgehead atoms. The van der Waals surface area contributed by atoms with E-state index >= 15 is 0 Å². The number of hydrogen-bond acceptors (Lipinski definition) is 9. The number of carbonyl (C=O) groups excluding carboxylic acids is 2. The Labute approximate surface area is 211 Å². The Bertz CT molecular complexity index is 1280. The number of hydroxylamine groups is 1. The van der Waals surface area contributed by atoms with Crippen LogP contribution in [0.25, 0.3) is 10.4 Å². The molecule has 1 aromatic carbocycles. The Morgan fingerprint density at radius 2 is 1.83 bits per heavy atom. The number of ether oxygens (including phenoxy) is 1. The second-order valence-corrected chi connectivity index (χ2v) is 13.1. The zero-order valence-corrected chi connectivity index (χ0v) is 21.6. The monoisotopic (exact) mass is 566 g/mol. The topological polar surface area (TPSA) is 162 Å². The normalized spacial score (nSPS) is 17.6. The van der Waals surface area contributed by atoms with Gasteiger partial charge in [-0.05, 0) is 29.8 Å². The maximum absolute atomic E-state index is 13.4. The van der Waals surface area contributed by atoms with Gasteiger partial charge in [0.05, 0.1) is 12.9 Å². The van der Waals surface area contributed by atoms with E-state index in [1.807, 2.05) is 0 Å². The second kappa shape index (κ2) is 11.2. The fraction of sp³-hybridized carbons (Fsp3) is 0.368. The van der Waals surface area contributed by atoms with E-state index in [0.717, 1.165) is 32.6 Å². The molecule has 0 aliphatic carbocycles.